The number of aromatic nitrogens is 2. The van der Waals surface area contributed by atoms with E-state index < -0.39 is 23.1 Å². The Bertz CT molecular complexity index is 1860. The molecule has 1 amide bonds. The first-order valence-corrected chi connectivity index (χ1v) is 13.8. The minimum atomic E-state index is -0.942. The van der Waals surface area contributed by atoms with Gasteiger partial charge in [0.2, 0.25) is 0 Å². The van der Waals surface area contributed by atoms with Crippen molar-refractivity contribution in [2.24, 2.45) is 5.92 Å². The molecule has 1 aliphatic heterocycles. The van der Waals surface area contributed by atoms with E-state index in [-0.39, 0.29) is 64.2 Å². The van der Waals surface area contributed by atoms with Crippen LogP contribution in [0.2, 0.25) is 5.02 Å². The summed E-state index contributed by atoms with van der Waals surface area (Å²) < 4.78 is 46.4. The summed E-state index contributed by atoms with van der Waals surface area (Å²) in [6.45, 7) is 3.65. The summed E-state index contributed by atoms with van der Waals surface area (Å²) in [6, 6.07) is 14.1. The molecule has 212 valence electrons. The van der Waals surface area contributed by atoms with Crippen LogP contribution in [0.4, 0.5) is 13.2 Å². The fraction of sp³-hybridized carbons (Fsp3) is 0.250. The molecule has 0 unspecified atom stereocenters. The molecule has 6 nitrogen and oxygen atoms in total. The van der Waals surface area contributed by atoms with Crippen molar-refractivity contribution < 1.29 is 18.0 Å². The molecule has 2 aromatic carbocycles. The van der Waals surface area contributed by atoms with E-state index in [4.69, 9.17) is 16.9 Å². The maximum atomic E-state index is 16.2. The molecule has 0 N–H and O–H groups in total. The first-order valence-electron chi connectivity index (χ1n) is 13.4. The molecular weight excluding hydrogens is 565 g/mol. The second-order valence-electron chi connectivity index (χ2n) is 10.9. The maximum Gasteiger partial charge on any atom is 0.274 e. The van der Waals surface area contributed by atoms with Crippen LogP contribution in [0.5, 0.6) is 0 Å². The number of halogens is 4. The van der Waals surface area contributed by atoms with Crippen LogP contribution in [0, 0.1) is 48.5 Å². The Morgan fingerprint density at radius 1 is 1.05 bits per heavy atom. The monoisotopic (exact) mass is 588 g/mol. The standard InChI is InChI=1S/C32H24ClF3N4O2/c1-16-13-38-29(21-4-3-5-22(27(21)35)31(41)39-14-18(12-37)15-39)28(36)30(16)40-17(2)10-25(26(33)32(40)42)24-11-23(24)19-6-8-20(34)9-7-19/h3-10,13,18,23-24H,11,14-15H2,1-2H3/t23-,24+/m1/s1. The van der Waals surface area contributed by atoms with E-state index in [1.807, 2.05) is 0 Å². The quantitative estimate of drug-likeness (QED) is 0.268. The Morgan fingerprint density at radius 3 is 2.45 bits per heavy atom. The summed E-state index contributed by atoms with van der Waals surface area (Å²) in [5.41, 5.74) is 0.766. The zero-order chi connectivity index (χ0) is 29.9. The van der Waals surface area contributed by atoms with Crippen molar-refractivity contribution in [3.63, 3.8) is 0 Å². The van der Waals surface area contributed by atoms with Gasteiger partial charge in [-0.1, -0.05) is 29.8 Å². The number of carbonyl (C=O) groups is 1. The van der Waals surface area contributed by atoms with E-state index in [0.29, 0.717) is 16.8 Å². The third-order valence-electron chi connectivity index (χ3n) is 8.09. The maximum absolute atomic E-state index is 16.2. The molecule has 2 aliphatic rings. The van der Waals surface area contributed by atoms with E-state index in [1.54, 1.807) is 32.0 Å². The van der Waals surface area contributed by atoms with Crippen LogP contribution in [0.15, 0.2) is 59.5 Å². The van der Waals surface area contributed by atoms with Crippen molar-refractivity contribution in [2.75, 3.05) is 13.1 Å². The normalized spacial score (nSPS) is 18.0. The average molecular weight is 589 g/mol. The van der Waals surface area contributed by atoms with Gasteiger partial charge in [0.15, 0.2) is 5.82 Å². The van der Waals surface area contributed by atoms with Crippen LogP contribution in [-0.2, 0) is 0 Å². The SMILES string of the molecule is Cc1cnc(-c2cccc(C(=O)N3CC(C#N)C3)c2F)c(F)c1-n1c(C)cc([C@H]2C[C@@H]2c2ccc(F)cc2)c(Cl)c1=O. The van der Waals surface area contributed by atoms with Gasteiger partial charge in [0.25, 0.3) is 11.5 Å². The molecule has 10 heteroatoms. The van der Waals surface area contributed by atoms with Crippen molar-refractivity contribution in [1.29, 1.82) is 5.26 Å². The van der Waals surface area contributed by atoms with Gasteiger partial charge >= 0.3 is 0 Å². The molecule has 4 aromatic rings. The van der Waals surface area contributed by atoms with Crippen LogP contribution < -0.4 is 5.56 Å². The van der Waals surface area contributed by atoms with E-state index in [9.17, 15) is 14.0 Å². The van der Waals surface area contributed by atoms with Gasteiger partial charge in [-0.2, -0.15) is 5.26 Å². The fourth-order valence-electron chi connectivity index (χ4n) is 5.70. The molecule has 1 aliphatic carbocycles. The highest BCUT2D eigenvalue weighted by Gasteiger charge is 2.41. The van der Waals surface area contributed by atoms with Gasteiger partial charge in [-0.05, 0) is 79.1 Å². The highest BCUT2D eigenvalue weighted by molar-refractivity contribution is 6.31. The third kappa shape index (κ3) is 4.56. The summed E-state index contributed by atoms with van der Waals surface area (Å²) in [5, 5.41) is 8.94. The summed E-state index contributed by atoms with van der Waals surface area (Å²) in [6.07, 6.45) is 2.08. The number of carbonyl (C=O) groups excluding carboxylic acids is 1. The number of amides is 1. The number of rotatable bonds is 5. The number of nitrogens with zero attached hydrogens (tertiary/aromatic N) is 4. The predicted molar refractivity (Wildman–Crippen MR) is 151 cm³/mol. The molecule has 0 bridgehead atoms. The number of benzene rings is 2. The van der Waals surface area contributed by atoms with E-state index >= 15 is 8.78 Å². The zero-order valence-corrected chi connectivity index (χ0v) is 23.4. The number of nitriles is 1. The predicted octanol–water partition coefficient (Wildman–Crippen LogP) is 6.45. The van der Waals surface area contributed by atoms with Crippen LogP contribution in [0.3, 0.4) is 0 Å². The van der Waals surface area contributed by atoms with Crippen LogP contribution >= 0.6 is 11.6 Å². The summed E-state index contributed by atoms with van der Waals surface area (Å²) in [4.78, 5) is 31.9. The molecular formula is C32H24ClF3N4O2. The lowest BCUT2D eigenvalue weighted by atomic mass is 9.98. The van der Waals surface area contributed by atoms with Gasteiger partial charge in [-0.25, -0.2) is 13.2 Å². The van der Waals surface area contributed by atoms with E-state index in [1.165, 1.54) is 41.4 Å². The summed E-state index contributed by atoms with van der Waals surface area (Å²) in [5.74, 6) is -3.05. The van der Waals surface area contributed by atoms with E-state index in [0.717, 1.165) is 16.6 Å². The molecule has 2 atom stereocenters. The highest BCUT2D eigenvalue weighted by atomic mass is 35.5. The number of likely N-dealkylation sites (tertiary alicyclic amines) is 1. The van der Waals surface area contributed by atoms with Gasteiger partial charge in [0, 0.05) is 30.5 Å². The van der Waals surface area contributed by atoms with Gasteiger partial charge in [0.05, 0.1) is 23.2 Å². The average Bonchev–Trinajstić information content (AvgIpc) is 3.73. The van der Waals surface area contributed by atoms with Crippen molar-refractivity contribution in [2.45, 2.75) is 32.1 Å². The topological polar surface area (TPSA) is 79.0 Å². The largest absolute Gasteiger partial charge is 0.336 e. The molecule has 1 saturated heterocycles. The number of aryl methyl sites for hydroxylation is 2. The summed E-state index contributed by atoms with van der Waals surface area (Å²) >= 11 is 6.59. The van der Waals surface area contributed by atoms with Crippen LogP contribution in [0.1, 0.15) is 51.0 Å². The van der Waals surface area contributed by atoms with Crippen molar-refractivity contribution >= 4 is 17.5 Å². The molecule has 1 saturated carbocycles. The molecule has 0 spiro atoms. The number of hydrogen-bond donors (Lipinski definition) is 0. The fourth-order valence-corrected chi connectivity index (χ4v) is 5.98. The van der Waals surface area contributed by atoms with Crippen LogP contribution in [-0.4, -0.2) is 33.4 Å². The van der Waals surface area contributed by atoms with Gasteiger partial charge in [-0.3, -0.25) is 19.1 Å². The van der Waals surface area contributed by atoms with E-state index in [2.05, 4.69) is 11.1 Å². The Kier molecular flexibility index (Phi) is 6.90. The molecule has 2 fully saturated rings. The lowest BCUT2D eigenvalue weighted by molar-refractivity contribution is 0.0572. The Labute approximate surface area is 244 Å². The third-order valence-corrected chi connectivity index (χ3v) is 8.47. The first kappa shape index (κ1) is 27.7. The molecule has 2 aromatic heterocycles. The van der Waals surface area contributed by atoms with Gasteiger partial charge < -0.3 is 4.90 Å². The summed E-state index contributed by atoms with van der Waals surface area (Å²) in [7, 11) is 0. The van der Waals surface area contributed by atoms with Crippen molar-refractivity contribution in [3.05, 3.63) is 116 Å². The number of hydrogen-bond acceptors (Lipinski definition) is 4. The van der Waals surface area contributed by atoms with Crippen molar-refractivity contribution in [3.8, 4) is 23.0 Å². The Morgan fingerprint density at radius 2 is 1.76 bits per heavy atom. The molecule has 42 heavy (non-hydrogen) atoms. The molecule has 3 heterocycles. The second-order valence-corrected chi connectivity index (χ2v) is 11.2. The van der Waals surface area contributed by atoms with Crippen LogP contribution in [0.25, 0.3) is 16.9 Å². The lowest BCUT2D eigenvalue weighted by Gasteiger charge is -2.35. The first-order chi connectivity index (χ1) is 20.1. The lowest BCUT2D eigenvalue weighted by Crippen LogP contribution is -2.49. The second kappa shape index (κ2) is 10.4. The smallest absolute Gasteiger partial charge is 0.274 e. The number of pyridine rings is 2. The minimum Gasteiger partial charge on any atom is -0.336 e. The highest BCUT2D eigenvalue weighted by Crippen LogP contribution is 2.55. The molecule has 6 rings (SSSR count). The Balaban J connectivity index is 1.38. The van der Waals surface area contributed by atoms with Gasteiger partial charge in [0.1, 0.15) is 22.4 Å². The zero-order valence-electron chi connectivity index (χ0n) is 22.7. The van der Waals surface area contributed by atoms with Gasteiger partial charge in [-0.15, -0.1) is 0 Å². The van der Waals surface area contributed by atoms with Crippen molar-refractivity contribution in [1.82, 2.24) is 14.5 Å². The Hall–Kier alpha value is -4.42. The molecule has 0 radical (unpaired) electrons. The minimum absolute atomic E-state index is 0.0350.